The summed E-state index contributed by atoms with van der Waals surface area (Å²) in [5.74, 6) is 0. The minimum Gasteiger partial charge on any atom is -0.319 e. The van der Waals surface area contributed by atoms with Gasteiger partial charge in [-0.25, -0.2) is 0 Å². The van der Waals surface area contributed by atoms with Gasteiger partial charge in [0.1, 0.15) is 0 Å². The standard InChI is InChI=1S/C14H17Br2N3/c1-8(2)19-14(12(16)7-18-19)13(17)10-4-9(3)5-11(15)6-10/h4-8,13H,17H2,1-3H3. The Morgan fingerprint density at radius 2 is 1.89 bits per heavy atom. The van der Waals surface area contributed by atoms with Crippen LogP contribution < -0.4 is 5.73 Å². The Labute approximate surface area is 130 Å². The third-order valence-electron chi connectivity index (χ3n) is 2.99. The summed E-state index contributed by atoms with van der Waals surface area (Å²) in [5, 5.41) is 4.38. The van der Waals surface area contributed by atoms with Gasteiger partial charge < -0.3 is 5.73 Å². The second-order valence-electron chi connectivity index (χ2n) is 4.96. The van der Waals surface area contributed by atoms with E-state index in [4.69, 9.17) is 5.73 Å². The molecule has 1 aromatic carbocycles. The lowest BCUT2D eigenvalue weighted by Crippen LogP contribution is -2.19. The minimum absolute atomic E-state index is 0.199. The molecule has 1 heterocycles. The fourth-order valence-electron chi connectivity index (χ4n) is 2.16. The lowest BCUT2D eigenvalue weighted by molar-refractivity contribution is 0.498. The monoisotopic (exact) mass is 385 g/mol. The molecule has 3 nitrogen and oxygen atoms in total. The van der Waals surface area contributed by atoms with E-state index in [-0.39, 0.29) is 12.1 Å². The predicted octanol–water partition coefficient (Wildman–Crippen LogP) is 4.35. The van der Waals surface area contributed by atoms with Crippen LogP contribution in [0, 0.1) is 6.92 Å². The van der Waals surface area contributed by atoms with E-state index in [1.54, 1.807) is 6.20 Å². The lowest BCUT2D eigenvalue weighted by atomic mass is 10.0. The Bertz CT molecular complexity index is 570. The number of aromatic nitrogens is 2. The highest BCUT2D eigenvalue weighted by Crippen LogP contribution is 2.30. The summed E-state index contributed by atoms with van der Waals surface area (Å²) < 4.78 is 3.96. The molecule has 0 aliphatic rings. The van der Waals surface area contributed by atoms with E-state index in [9.17, 15) is 0 Å². The van der Waals surface area contributed by atoms with Gasteiger partial charge in [-0.05, 0) is 60.0 Å². The van der Waals surface area contributed by atoms with Crippen LogP contribution in [0.25, 0.3) is 0 Å². The van der Waals surface area contributed by atoms with Gasteiger partial charge in [0.05, 0.1) is 22.4 Å². The highest BCUT2D eigenvalue weighted by molar-refractivity contribution is 9.10. The summed E-state index contributed by atoms with van der Waals surface area (Å²) in [6.45, 7) is 6.26. The highest BCUT2D eigenvalue weighted by Gasteiger charge is 2.20. The van der Waals surface area contributed by atoms with Crippen LogP contribution in [0.3, 0.4) is 0 Å². The molecule has 0 saturated carbocycles. The zero-order valence-electron chi connectivity index (χ0n) is 11.2. The highest BCUT2D eigenvalue weighted by atomic mass is 79.9. The summed E-state index contributed by atoms with van der Waals surface area (Å²) in [6.07, 6.45) is 1.81. The van der Waals surface area contributed by atoms with Crippen molar-refractivity contribution < 1.29 is 0 Å². The molecule has 0 radical (unpaired) electrons. The molecule has 0 aliphatic carbocycles. The van der Waals surface area contributed by atoms with Crippen LogP contribution in [-0.2, 0) is 0 Å². The van der Waals surface area contributed by atoms with Crippen LogP contribution >= 0.6 is 31.9 Å². The first-order valence-electron chi connectivity index (χ1n) is 6.15. The molecule has 2 aromatic rings. The molecule has 0 fully saturated rings. The van der Waals surface area contributed by atoms with Crippen molar-refractivity contribution in [3.8, 4) is 0 Å². The van der Waals surface area contributed by atoms with Gasteiger partial charge in [-0.2, -0.15) is 5.10 Å². The average molecular weight is 387 g/mol. The minimum atomic E-state index is -0.199. The molecule has 5 heteroatoms. The van der Waals surface area contributed by atoms with Gasteiger partial charge in [-0.3, -0.25) is 4.68 Å². The van der Waals surface area contributed by atoms with Crippen LogP contribution in [0.1, 0.15) is 42.8 Å². The number of rotatable bonds is 3. The normalized spacial score (nSPS) is 13.0. The third kappa shape index (κ3) is 3.09. The molecule has 19 heavy (non-hydrogen) atoms. The van der Waals surface area contributed by atoms with Gasteiger partial charge in [0.25, 0.3) is 0 Å². The molecule has 0 spiro atoms. The fraction of sp³-hybridized carbons (Fsp3) is 0.357. The first-order chi connectivity index (χ1) is 8.90. The molecular formula is C14H17Br2N3. The quantitative estimate of drug-likeness (QED) is 0.852. The lowest BCUT2D eigenvalue weighted by Gasteiger charge is -2.18. The van der Waals surface area contributed by atoms with Crippen molar-refractivity contribution in [3.63, 3.8) is 0 Å². The molecule has 0 bridgehead atoms. The SMILES string of the molecule is Cc1cc(Br)cc(C(N)c2c(Br)cnn2C(C)C)c1. The van der Waals surface area contributed by atoms with Crippen molar-refractivity contribution in [1.29, 1.82) is 0 Å². The summed E-state index contributed by atoms with van der Waals surface area (Å²) in [5.41, 5.74) is 9.70. The maximum Gasteiger partial charge on any atom is 0.0742 e. The van der Waals surface area contributed by atoms with E-state index in [1.807, 2.05) is 4.68 Å². The predicted molar refractivity (Wildman–Crippen MR) is 85.2 cm³/mol. The molecule has 1 aromatic heterocycles. The average Bonchev–Trinajstić information content (AvgIpc) is 2.69. The van der Waals surface area contributed by atoms with Crippen LogP contribution in [0.4, 0.5) is 0 Å². The van der Waals surface area contributed by atoms with E-state index in [0.717, 1.165) is 20.2 Å². The Morgan fingerprint density at radius 3 is 2.47 bits per heavy atom. The van der Waals surface area contributed by atoms with Crippen LogP contribution in [0.5, 0.6) is 0 Å². The first-order valence-corrected chi connectivity index (χ1v) is 7.74. The van der Waals surface area contributed by atoms with Crippen LogP contribution in [-0.4, -0.2) is 9.78 Å². The van der Waals surface area contributed by atoms with Crippen molar-refractivity contribution >= 4 is 31.9 Å². The molecule has 2 N–H and O–H groups in total. The molecular weight excluding hydrogens is 370 g/mol. The second-order valence-corrected chi connectivity index (χ2v) is 6.73. The topological polar surface area (TPSA) is 43.8 Å². The van der Waals surface area contributed by atoms with Crippen molar-refractivity contribution in [2.24, 2.45) is 5.73 Å². The van der Waals surface area contributed by atoms with Gasteiger partial charge in [-0.15, -0.1) is 0 Å². The van der Waals surface area contributed by atoms with Crippen molar-refractivity contribution in [3.05, 3.63) is 50.2 Å². The van der Waals surface area contributed by atoms with E-state index < -0.39 is 0 Å². The number of nitrogens with zero attached hydrogens (tertiary/aromatic N) is 2. The second kappa shape index (κ2) is 5.77. The summed E-state index contributed by atoms with van der Waals surface area (Å²) >= 11 is 7.07. The maximum absolute atomic E-state index is 6.43. The number of nitrogens with two attached hydrogens (primary N) is 1. The van der Waals surface area contributed by atoms with Gasteiger partial charge in [0.2, 0.25) is 0 Å². The smallest absolute Gasteiger partial charge is 0.0742 e. The maximum atomic E-state index is 6.43. The number of halogens is 2. The van der Waals surface area contributed by atoms with Crippen molar-refractivity contribution in [1.82, 2.24) is 9.78 Å². The Morgan fingerprint density at radius 1 is 1.21 bits per heavy atom. The Balaban J connectivity index is 2.49. The van der Waals surface area contributed by atoms with E-state index >= 15 is 0 Å². The largest absolute Gasteiger partial charge is 0.319 e. The Kier molecular flexibility index (Phi) is 4.48. The molecule has 0 saturated heterocycles. The number of benzene rings is 1. The molecule has 0 aliphatic heterocycles. The Hall–Kier alpha value is -0.650. The van der Waals surface area contributed by atoms with Crippen LogP contribution in [0.2, 0.25) is 0 Å². The van der Waals surface area contributed by atoms with Gasteiger partial charge >= 0.3 is 0 Å². The number of hydrogen-bond acceptors (Lipinski definition) is 2. The van der Waals surface area contributed by atoms with E-state index in [2.05, 4.69) is 75.9 Å². The number of hydrogen-bond donors (Lipinski definition) is 1. The fourth-order valence-corrected chi connectivity index (χ4v) is 3.30. The first kappa shape index (κ1) is 14.8. The molecule has 1 unspecified atom stereocenters. The summed E-state index contributed by atoms with van der Waals surface area (Å²) in [6, 6.07) is 6.32. The molecule has 0 amide bonds. The third-order valence-corrected chi connectivity index (χ3v) is 4.06. The van der Waals surface area contributed by atoms with Gasteiger partial charge in [0.15, 0.2) is 0 Å². The van der Waals surface area contributed by atoms with E-state index in [1.165, 1.54) is 5.56 Å². The molecule has 102 valence electrons. The van der Waals surface area contributed by atoms with Crippen LogP contribution in [0.15, 0.2) is 33.3 Å². The number of aryl methyl sites for hydroxylation is 1. The van der Waals surface area contributed by atoms with Crippen molar-refractivity contribution in [2.45, 2.75) is 32.9 Å². The van der Waals surface area contributed by atoms with Gasteiger partial charge in [0, 0.05) is 10.5 Å². The molecule has 2 rings (SSSR count). The molecule has 1 atom stereocenters. The summed E-state index contributed by atoms with van der Waals surface area (Å²) in [4.78, 5) is 0. The van der Waals surface area contributed by atoms with E-state index in [0.29, 0.717) is 0 Å². The zero-order chi connectivity index (χ0) is 14.2. The van der Waals surface area contributed by atoms with Gasteiger partial charge in [-0.1, -0.05) is 22.0 Å². The zero-order valence-corrected chi connectivity index (χ0v) is 14.4. The van der Waals surface area contributed by atoms with Crippen molar-refractivity contribution in [2.75, 3.05) is 0 Å². The summed E-state index contributed by atoms with van der Waals surface area (Å²) in [7, 11) is 0.